The van der Waals surface area contributed by atoms with Gasteiger partial charge in [-0.15, -0.1) is 0 Å². The lowest BCUT2D eigenvalue weighted by Gasteiger charge is -2.42. The van der Waals surface area contributed by atoms with Crippen LogP contribution in [0.1, 0.15) is 33.3 Å². The number of hydrogen-bond donors (Lipinski definition) is 1. The van der Waals surface area contributed by atoms with Crippen LogP contribution in [0, 0.1) is 0 Å². The Morgan fingerprint density at radius 3 is 2.11 bits per heavy atom. The smallest absolute Gasteiger partial charge is 0.0406 e. The van der Waals surface area contributed by atoms with E-state index < -0.39 is 0 Å². The lowest BCUT2D eigenvalue weighted by molar-refractivity contribution is 0.106. The number of likely N-dealkylation sites (N-methyl/N-ethyl adjacent to an activating group) is 1. The first-order valence-corrected chi connectivity index (χ1v) is 7.04. The Morgan fingerprint density at radius 2 is 1.67 bits per heavy atom. The Labute approximate surface area is 116 Å². The second kappa shape index (κ2) is 6.55. The quantitative estimate of drug-likeness (QED) is 0.858. The van der Waals surface area contributed by atoms with Crippen LogP contribution in [0.3, 0.4) is 0 Å². The Balaban J connectivity index is 2.74. The van der Waals surface area contributed by atoms with Gasteiger partial charge >= 0.3 is 0 Å². The minimum Gasteiger partial charge on any atom is -0.326 e. The number of nitrogens with zero attached hydrogens (tertiary/aromatic N) is 1. The van der Waals surface area contributed by atoms with E-state index in [0.717, 1.165) is 24.5 Å². The van der Waals surface area contributed by atoms with Gasteiger partial charge in [-0.25, -0.2) is 0 Å². The van der Waals surface area contributed by atoms with Crippen molar-refractivity contribution in [1.29, 1.82) is 0 Å². The molecular weight excluding hydrogens is 244 g/mol. The first kappa shape index (κ1) is 15.5. The predicted molar refractivity (Wildman–Crippen MR) is 80.1 cm³/mol. The van der Waals surface area contributed by atoms with Crippen molar-refractivity contribution in [2.75, 3.05) is 13.1 Å². The van der Waals surface area contributed by atoms with Crippen LogP contribution in [0.4, 0.5) is 0 Å². The highest BCUT2D eigenvalue weighted by atomic mass is 35.5. The average molecular weight is 269 g/mol. The van der Waals surface area contributed by atoms with Crippen molar-refractivity contribution in [2.24, 2.45) is 5.73 Å². The first-order chi connectivity index (χ1) is 8.41. The standard InChI is InChI=1S/C15H25ClN2/c1-5-18(6-2)15(3,4)14(17)11-12-7-9-13(16)10-8-12/h7-10,14H,5-6,11,17H2,1-4H3. The van der Waals surface area contributed by atoms with Crippen molar-refractivity contribution in [2.45, 2.75) is 45.7 Å². The molecule has 1 rings (SSSR count). The molecule has 0 fully saturated rings. The topological polar surface area (TPSA) is 29.3 Å². The lowest BCUT2D eigenvalue weighted by atomic mass is 9.88. The fourth-order valence-electron chi connectivity index (χ4n) is 2.40. The van der Waals surface area contributed by atoms with Crippen LogP contribution in [-0.4, -0.2) is 29.6 Å². The van der Waals surface area contributed by atoms with Gasteiger partial charge in [0.2, 0.25) is 0 Å². The number of rotatable bonds is 6. The molecule has 0 amide bonds. The molecule has 0 saturated carbocycles. The van der Waals surface area contributed by atoms with Crippen LogP contribution < -0.4 is 5.73 Å². The van der Waals surface area contributed by atoms with Crippen LogP contribution in [0.5, 0.6) is 0 Å². The van der Waals surface area contributed by atoms with Gasteiger partial charge in [0.25, 0.3) is 0 Å². The zero-order valence-corrected chi connectivity index (χ0v) is 12.7. The molecule has 0 aliphatic heterocycles. The molecule has 1 aromatic carbocycles. The highest BCUT2D eigenvalue weighted by Gasteiger charge is 2.31. The fourth-order valence-corrected chi connectivity index (χ4v) is 2.52. The molecule has 0 heterocycles. The molecule has 0 spiro atoms. The molecule has 0 saturated heterocycles. The summed E-state index contributed by atoms with van der Waals surface area (Å²) in [5.41, 5.74) is 7.64. The highest BCUT2D eigenvalue weighted by Crippen LogP contribution is 2.21. The molecule has 0 radical (unpaired) electrons. The second-order valence-electron chi connectivity index (χ2n) is 5.26. The van der Waals surface area contributed by atoms with Gasteiger partial charge in [-0.05, 0) is 51.1 Å². The monoisotopic (exact) mass is 268 g/mol. The third-order valence-electron chi connectivity index (χ3n) is 3.85. The molecule has 0 aliphatic carbocycles. The molecule has 102 valence electrons. The Bertz CT molecular complexity index is 355. The molecule has 1 atom stereocenters. The van der Waals surface area contributed by atoms with Crippen LogP contribution in [0.25, 0.3) is 0 Å². The van der Waals surface area contributed by atoms with E-state index in [9.17, 15) is 0 Å². The van der Waals surface area contributed by atoms with Gasteiger partial charge in [0.15, 0.2) is 0 Å². The molecule has 2 N–H and O–H groups in total. The summed E-state index contributed by atoms with van der Waals surface area (Å²) in [5, 5.41) is 0.773. The van der Waals surface area contributed by atoms with Crippen molar-refractivity contribution >= 4 is 11.6 Å². The van der Waals surface area contributed by atoms with E-state index in [1.54, 1.807) is 0 Å². The highest BCUT2D eigenvalue weighted by molar-refractivity contribution is 6.30. The second-order valence-corrected chi connectivity index (χ2v) is 5.70. The van der Waals surface area contributed by atoms with Gasteiger partial charge in [-0.3, -0.25) is 4.90 Å². The summed E-state index contributed by atoms with van der Waals surface area (Å²) in [7, 11) is 0. The Kier molecular flexibility index (Phi) is 5.64. The normalized spacial score (nSPS) is 13.9. The van der Waals surface area contributed by atoms with E-state index in [1.165, 1.54) is 5.56 Å². The van der Waals surface area contributed by atoms with Gasteiger partial charge in [0.05, 0.1) is 0 Å². The van der Waals surface area contributed by atoms with Crippen molar-refractivity contribution in [1.82, 2.24) is 4.90 Å². The van der Waals surface area contributed by atoms with Crippen LogP contribution >= 0.6 is 11.6 Å². The van der Waals surface area contributed by atoms with Crippen molar-refractivity contribution < 1.29 is 0 Å². The largest absolute Gasteiger partial charge is 0.326 e. The first-order valence-electron chi connectivity index (χ1n) is 6.66. The van der Waals surface area contributed by atoms with E-state index in [-0.39, 0.29) is 11.6 Å². The van der Waals surface area contributed by atoms with Gasteiger partial charge in [-0.2, -0.15) is 0 Å². The minimum atomic E-state index is 0.00311. The summed E-state index contributed by atoms with van der Waals surface area (Å²) in [6.45, 7) is 10.9. The molecule has 18 heavy (non-hydrogen) atoms. The maximum Gasteiger partial charge on any atom is 0.0406 e. The van der Waals surface area contributed by atoms with Gasteiger partial charge in [-0.1, -0.05) is 37.6 Å². The van der Waals surface area contributed by atoms with Crippen LogP contribution in [-0.2, 0) is 6.42 Å². The Morgan fingerprint density at radius 1 is 1.17 bits per heavy atom. The number of benzene rings is 1. The number of halogens is 1. The molecule has 0 bridgehead atoms. The summed E-state index contributed by atoms with van der Waals surface area (Å²) < 4.78 is 0. The molecule has 0 aromatic heterocycles. The molecule has 3 heteroatoms. The molecule has 1 unspecified atom stereocenters. The maximum atomic E-state index is 6.40. The van der Waals surface area contributed by atoms with Gasteiger partial charge in [0.1, 0.15) is 0 Å². The summed E-state index contributed by atoms with van der Waals surface area (Å²) in [6.07, 6.45) is 0.876. The van der Waals surface area contributed by atoms with Gasteiger partial charge < -0.3 is 5.73 Å². The molecule has 0 aliphatic rings. The van der Waals surface area contributed by atoms with Crippen molar-refractivity contribution in [3.05, 3.63) is 34.9 Å². The van der Waals surface area contributed by atoms with E-state index >= 15 is 0 Å². The third kappa shape index (κ3) is 3.71. The lowest BCUT2D eigenvalue weighted by Crippen LogP contribution is -2.56. The fraction of sp³-hybridized carbons (Fsp3) is 0.600. The zero-order chi connectivity index (χ0) is 13.8. The molecule has 1 aromatic rings. The van der Waals surface area contributed by atoms with Crippen LogP contribution in [0.2, 0.25) is 5.02 Å². The van der Waals surface area contributed by atoms with E-state index in [0.29, 0.717) is 0 Å². The average Bonchev–Trinajstić information content (AvgIpc) is 2.33. The predicted octanol–water partition coefficient (Wildman–Crippen LogP) is 3.33. The minimum absolute atomic E-state index is 0.00311. The summed E-state index contributed by atoms with van der Waals surface area (Å²) >= 11 is 5.89. The van der Waals surface area contributed by atoms with Crippen molar-refractivity contribution in [3.8, 4) is 0 Å². The number of nitrogens with two attached hydrogens (primary N) is 1. The summed E-state index contributed by atoms with van der Waals surface area (Å²) in [4.78, 5) is 2.41. The summed E-state index contributed by atoms with van der Waals surface area (Å²) in [6, 6.07) is 8.07. The van der Waals surface area contributed by atoms with Crippen LogP contribution in [0.15, 0.2) is 24.3 Å². The van der Waals surface area contributed by atoms with Gasteiger partial charge in [0, 0.05) is 16.6 Å². The SMILES string of the molecule is CCN(CC)C(C)(C)C(N)Cc1ccc(Cl)cc1. The van der Waals surface area contributed by atoms with E-state index in [4.69, 9.17) is 17.3 Å². The summed E-state index contributed by atoms with van der Waals surface area (Å²) in [5.74, 6) is 0. The number of hydrogen-bond acceptors (Lipinski definition) is 2. The van der Waals surface area contributed by atoms with E-state index in [1.807, 2.05) is 12.1 Å². The Hall–Kier alpha value is -0.570. The third-order valence-corrected chi connectivity index (χ3v) is 4.11. The van der Waals surface area contributed by atoms with Crippen molar-refractivity contribution in [3.63, 3.8) is 0 Å². The zero-order valence-electron chi connectivity index (χ0n) is 11.9. The molecular formula is C15H25ClN2. The molecule has 2 nitrogen and oxygen atoms in total. The maximum absolute atomic E-state index is 6.40. The van der Waals surface area contributed by atoms with E-state index in [2.05, 4.69) is 44.7 Å².